The van der Waals surface area contributed by atoms with Crippen LogP contribution in [0.2, 0.25) is 0 Å². The van der Waals surface area contributed by atoms with Gasteiger partial charge in [-0.3, -0.25) is 0 Å². The van der Waals surface area contributed by atoms with E-state index in [9.17, 15) is 8.42 Å². The van der Waals surface area contributed by atoms with E-state index < -0.39 is 10.0 Å². The summed E-state index contributed by atoms with van der Waals surface area (Å²) in [5.74, 6) is 0.511. The maximum atomic E-state index is 12.7. The Morgan fingerprint density at radius 3 is 2.50 bits per heavy atom. The Kier molecular flexibility index (Phi) is 5.57. The minimum Gasteiger partial charge on any atom is -0.481 e. The normalized spacial score (nSPS) is 21.0. The molecule has 1 aliphatic heterocycles. The maximum Gasteiger partial charge on any atom is 0.240 e. The molecular formula is C18H23N3O4S. The van der Waals surface area contributed by atoms with Crippen LogP contribution in [0.25, 0.3) is 11.1 Å². The van der Waals surface area contributed by atoms with Crippen molar-refractivity contribution in [2.45, 2.75) is 17.0 Å². The molecule has 1 fully saturated rings. The highest BCUT2D eigenvalue weighted by Gasteiger charge is 2.34. The van der Waals surface area contributed by atoms with Gasteiger partial charge in [-0.05, 0) is 36.4 Å². The summed E-state index contributed by atoms with van der Waals surface area (Å²) in [5, 5.41) is 0. The van der Waals surface area contributed by atoms with Crippen LogP contribution in [0.4, 0.5) is 0 Å². The van der Waals surface area contributed by atoms with Gasteiger partial charge in [-0.2, -0.15) is 0 Å². The zero-order chi connectivity index (χ0) is 18.7. The average Bonchev–Trinajstić information content (AvgIpc) is 3.00. The highest BCUT2D eigenvalue weighted by molar-refractivity contribution is 7.89. The van der Waals surface area contributed by atoms with Crippen molar-refractivity contribution < 1.29 is 17.9 Å². The topological polar surface area (TPSA) is 80.8 Å². The zero-order valence-corrected chi connectivity index (χ0v) is 15.9. The molecule has 7 nitrogen and oxygen atoms in total. The van der Waals surface area contributed by atoms with Crippen molar-refractivity contribution in [1.29, 1.82) is 0 Å². The number of nitrogens with zero attached hydrogens (tertiary/aromatic N) is 2. The molecule has 2 atom stereocenters. The Morgan fingerprint density at radius 1 is 1.12 bits per heavy atom. The summed E-state index contributed by atoms with van der Waals surface area (Å²) in [5.41, 5.74) is 1.80. The lowest BCUT2D eigenvalue weighted by molar-refractivity contribution is 0.0969. The second-order valence-corrected chi connectivity index (χ2v) is 8.05. The second kappa shape index (κ2) is 7.71. The number of likely N-dealkylation sites (N-methyl/N-ethyl adjacent to an activating group) is 1. The van der Waals surface area contributed by atoms with Crippen molar-refractivity contribution in [3.05, 3.63) is 42.6 Å². The number of pyridine rings is 1. The number of hydrogen-bond acceptors (Lipinski definition) is 6. The lowest BCUT2D eigenvalue weighted by Gasteiger charge is -2.18. The number of hydrogen-bond donors (Lipinski definition) is 1. The number of rotatable bonds is 6. The lowest BCUT2D eigenvalue weighted by Crippen LogP contribution is -2.43. The van der Waals surface area contributed by atoms with Crippen LogP contribution in [-0.2, 0) is 14.8 Å². The van der Waals surface area contributed by atoms with E-state index in [1.54, 1.807) is 50.7 Å². The monoisotopic (exact) mass is 377 g/mol. The molecule has 0 radical (unpaired) electrons. The van der Waals surface area contributed by atoms with Crippen LogP contribution in [0.3, 0.4) is 0 Å². The molecule has 0 saturated carbocycles. The summed E-state index contributed by atoms with van der Waals surface area (Å²) in [7, 11) is 1.48. The van der Waals surface area contributed by atoms with Crippen molar-refractivity contribution in [3.8, 4) is 17.0 Å². The SMILES string of the molecule is COc1cc(-c2ccc(S(=O)(=O)N[C@H]3CN(C)C[C@@H]3OC)cc2)ccn1. The smallest absolute Gasteiger partial charge is 0.240 e. The molecule has 1 aromatic carbocycles. The molecule has 1 N–H and O–H groups in total. The van der Waals surface area contributed by atoms with Gasteiger partial charge in [0.25, 0.3) is 0 Å². The Bertz CT molecular complexity index is 855. The van der Waals surface area contributed by atoms with Gasteiger partial charge in [-0.25, -0.2) is 18.1 Å². The van der Waals surface area contributed by atoms with E-state index in [1.807, 2.05) is 18.0 Å². The Labute approximate surface area is 154 Å². The first kappa shape index (κ1) is 18.8. The summed E-state index contributed by atoms with van der Waals surface area (Å²) < 4.78 is 38.6. The maximum absolute atomic E-state index is 12.7. The molecule has 2 heterocycles. The van der Waals surface area contributed by atoms with Gasteiger partial charge in [-0.15, -0.1) is 0 Å². The number of aromatic nitrogens is 1. The van der Waals surface area contributed by atoms with Crippen LogP contribution >= 0.6 is 0 Å². The average molecular weight is 377 g/mol. The minimum atomic E-state index is -3.62. The molecule has 8 heteroatoms. The first-order chi connectivity index (χ1) is 12.4. The Hall–Kier alpha value is -2.00. The number of likely N-dealkylation sites (tertiary alicyclic amines) is 1. The molecule has 1 aromatic heterocycles. The van der Waals surface area contributed by atoms with E-state index in [2.05, 4.69) is 9.71 Å². The van der Waals surface area contributed by atoms with Gasteiger partial charge >= 0.3 is 0 Å². The van der Waals surface area contributed by atoms with E-state index in [-0.39, 0.29) is 17.0 Å². The van der Waals surface area contributed by atoms with Crippen LogP contribution < -0.4 is 9.46 Å². The molecule has 1 aliphatic rings. The third kappa shape index (κ3) is 4.04. The van der Waals surface area contributed by atoms with Gasteiger partial charge in [0.05, 0.1) is 24.2 Å². The van der Waals surface area contributed by atoms with Crippen LogP contribution in [0.15, 0.2) is 47.5 Å². The van der Waals surface area contributed by atoms with Gasteiger partial charge in [-0.1, -0.05) is 12.1 Å². The lowest BCUT2D eigenvalue weighted by atomic mass is 10.1. The fraction of sp³-hybridized carbons (Fsp3) is 0.389. The third-order valence-electron chi connectivity index (χ3n) is 4.50. The highest BCUT2D eigenvalue weighted by atomic mass is 32.2. The molecule has 1 saturated heterocycles. The number of ether oxygens (including phenoxy) is 2. The molecule has 3 rings (SSSR count). The van der Waals surface area contributed by atoms with E-state index in [1.165, 1.54) is 0 Å². The van der Waals surface area contributed by atoms with Crippen molar-refractivity contribution in [1.82, 2.24) is 14.6 Å². The van der Waals surface area contributed by atoms with Gasteiger partial charge < -0.3 is 14.4 Å². The van der Waals surface area contributed by atoms with Gasteiger partial charge in [0.15, 0.2) is 0 Å². The van der Waals surface area contributed by atoms with Gasteiger partial charge in [0.1, 0.15) is 0 Å². The first-order valence-corrected chi connectivity index (χ1v) is 9.75. The highest BCUT2D eigenvalue weighted by Crippen LogP contribution is 2.24. The molecule has 0 spiro atoms. The quantitative estimate of drug-likeness (QED) is 0.819. The van der Waals surface area contributed by atoms with E-state index in [4.69, 9.17) is 9.47 Å². The van der Waals surface area contributed by atoms with Crippen molar-refractivity contribution in [3.63, 3.8) is 0 Å². The van der Waals surface area contributed by atoms with Crippen LogP contribution in [0, 0.1) is 0 Å². The summed E-state index contributed by atoms with van der Waals surface area (Å²) in [6, 6.07) is 10.1. The molecule has 0 aliphatic carbocycles. The van der Waals surface area contributed by atoms with Crippen LogP contribution in [0.1, 0.15) is 0 Å². The fourth-order valence-corrected chi connectivity index (χ4v) is 4.36. The molecule has 0 bridgehead atoms. The number of sulfonamides is 1. The van der Waals surface area contributed by atoms with Crippen molar-refractivity contribution in [2.24, 2.45) is 0 Å². The van der Waals surface area contributed by atoms with Gasteiger partial charge in [0.2, 0.25) is 15.9 Å². The predicted octanol–water partition coefficient (Wildman–Crippen LogP) is 1.36. The molecular weight excluding hydrogens is 354 g/mol. The fourth-order valence-electron chi connectivity index (χ4n) is 3.11. The second-order valence-electron chi connectivity index (χ2n) is 6.33. The van der Waals surface area contributed by atoms with Crippen molar-refractivity contribution in [2.75, 3.05) is 34.4 Å². The van der Waals surface area contributed by atoms with Gasteiger partial charge in [0, 0.05) is 32.5 Å². The Morgan fingerprint density at radius 2 is 1.85 bits per heavy atom. The minimum absolute atomic E-state index is 0.154. The number of benzene rings is 1. The van der Waals surface area contributed by atoms with E-state index in [0.29, 0.717) is 19.0 Å². The number of methoxy groups -OCH3 is 2. The molecule has 140 valence electrons. The Balaban J connectivity index is 1.78. The summed E-state index contributed by atoms with van der Waals surface area (Å²) in [4.78, 5) is 6.35. The van der Waals surface area contributed by atoms with Crippen LogP contribution in [-0.4, -0.2) is 64.8 Å². The summed E-state index contributed by atoms with van der Waals surface area (Å²) in [6.07, 6.45) is 1.50. The van der Waals surface area contributed by atoms with Crippen LogP contribution in [0.5, 0.6) is 5.88 Å². The predicted molar refractivity (Wildman–Crippen MR) is 98.6 cm³/mol. The summed E-state index contributed by atoms with van der Waals surface area (Å²) >= 11 is 0. The molecule has 0 unspecified atom stereocenters. The largest absolute Gasteiger partial charge is 0.481 e. The molecule has 0 amide bonds. The summed E-state index contributed by atoms with van der Waals surface area (Å²) in [6.45, 7) is 1.32. The standard InChI is InChI=1S/C18H23N3O4S/c1-21-11-16(17(12-21)24-2)20-26(22,23)15-6-4-13(5-7-15)14-8-9-19-18(10-14)25-3/h4-10,16-17,20H,11-12H2,1-3H3/t16-,17-/m0/s1. The first-order valence-electron chi connectivity index (χ1n) is 8.27. The number of nitrogens with one attached hydrogen (secondary N) is 1. The van der Waals surface area contributed by atoms with Crippen molar-refractivity contribution >= 4 is 10.0 Å². The molecule has 26 heavy (non-hydrogen) atoms. The molecule has 2 aromatic rings. The van der Waals surface area contributed by atoms with E-state index >= 15 is 0 Å². The van der Waals surface area contributed by atoms with E-state index in [0.717, 1.165) is 11.1 Å². The third-order valence-corrected chi connectivity index (χ3v) is 6.01. The zero-order valence-electron chi connectivity index (χ0n) is 15.0.